The highest BCUT2D eigenvalue weighted by atomic mass is 32.1. The van der Waals surface area contributed by atoms with Crippen molar-refractivity contribution in [3.05, 3.63) is 54.3 Å². The van der Waals surface area contributed by atoms with Gasteiger partial charge in [0.1, 0.15) is 12.1 Å². The largest absolute Gasteiger partial charge is 0.394 e. The van der Waals surface area contributed by atoms with E-state index >= 15 is 0 Å². The van der Waals surface area contributed by atoms with Crippen LogP contribution in [-0.2, 0) is 0 Å². The van der Waals surface area contributed by atoms with Crippen LogP contribution in [0.2, 0.25) is 0 Å². The van der Waals surface area contributed by atoms with E-state index in [-0.39, 0.29) is 12.6 Å². The highest BCUT2D eigenvalue weighted by Crippen LogP contribution is 2.32. The molecular formula is C20H20N6OS. The molecule has 0 bridgehead atoms. The quantitative estimate of drug-likeness (QED) is 0.540. The lowest BCUT2D eigenvalue weighted by Crippen LogP contribution is -2.33. The standard InChI is InChI=1S/C20H20N6OS/c27-12-15-7-4-9-26(15)20-22-16-8-10-28-18(16)19(24-20)23-17-11-25(13-21-17)14-5-2-1-3-6-14/h1-3,5-6,8,10-11,13,15,27H,4,7,9,12H2,(H,22,23,24)/t15-/m0/s1. The zero-order chi connectivity index (χ0) is 18.9. The number of aliphatic hydroxyl groups excluding tert-OH is 1. The molecule has 28 heavy (non-hydrogen) atoms. The number of para-hydroxylation sites is 1. The average Bonchev–Trinajstić information content (AvgIpc) is 3.48. The SMILES string of the molecule is OC[C@@H]1CCCN1c1nc(Nc2cn(-c3ccccc3)cn2)c2sccc2n1. The van der Waals surface area contributed by atoms with Crippen LogP contribution in [0.1, 0.15) is 12.8 Å². The lowest BCUT2D eigenvalue weighted by molar-refractivity contribution is 0.265. The highest BCUT2D eigenvalue weighted by Gasteiger charge is 2.27. The predicted octanol–water partition coefficient (Wildman–Crippen LogP) is 3.58. The molecule has 0 spiro atoms. The Kier molecular flexibility index (Phi) is 4.42. The first-order valence-electron chi connectivity index (χ1n) is 9.31. The van der Waals surface area contributed by atoms with Gasteiger partial charge in [0.2, 0.25) is 5.95 Å². The first-order chi connectivity index (χ1) is 13.8. The van der Waals surface area contributed by atoms with Crippen molar-refractivity contribution in [1.82, 2.24) is 19.5 Å². The fourth-order valence-corrected chi connectivity index (χ4v) is 4.38. The summed E-state index contributed by atoms with van der Waals surface area (Å²) < 4.78 is 2.97. The Hall–Kier alpha value is -2.97. The van der Waals surface area contributed by atoms with Crippen molar-refractivity contribution in [2.24, 2.45) is 0 Å². The number of thiophene rings is 1. The number of aliphatic hydroxyl groups is 1. The smallest absolute Gasteiger partial charge is 0.228 e. The predicted molar refractivity (Wildman–Crippen MR) is 112 cm³/mol. The molecule has 3 aromatic heterocycles. The number of imidazole rings is 1. The van der Waals surface area contributed by atoms with E-state index < -0.39 is 0 Å². The number of benzene rings is 1. The number of aromatic nitrogens is 4. The number of nitrogens with one attached hydrogen (secondary N) is 1. The van der Waals surface area contributed by atoms with Gasteiger partial charge in [0.05, 0.1) is 29.1 Å². The van der Waals surface area contributed by atoms with Gasteiger partial charge >= 0.3 is 0 Å². The van der Waals surface area contributed by atoms with Crippen molar-refractivity contribution in [2.75, 3.05) is 23.4 Å². The summed E-state index contributed by atoms with van der Waals surface area (Å²) in [5.74, 6) is 2.13. The normalized spacial score (nSPS) is 16.8. The first kappa shape index (κ1) is 17.2. The number of nitrogens with zero attached hydrogens (tertiary/aromatic N) is 5. The number of hydrogen-bond donors (Lipinski definition) is 2. The van der Waals surface area contributed by atoms with Crippen LogP contribution in [0.4, 0.5) is 17.6 Å². The van der Waals surface area contributed by atoms with E-state index in [1.807, 2.05) is 52.5 Å². The van der Waals surface area contributed by atoms with Gasteiger partial charge in [-0.05, 0) is 36.4 Å². The average molecular weight is 392 g/mol. The third kappa shape index (κ3) is 3.10. The summed E-state index contributed by atoms with van der Waals surface area (Å²) in [5, 5.41) is 15.0. The summed E-state index contributed by atoms with van der Waals surface area (Å²) in [5.41, 5.74) is 1.96. The maximum atomic E-state index is 9.66. The molecule has 1 aliphatic heterocycles. The molecule has 8 heteroatoms. The van der Waals surface area contributed by atoms with E-state index in [1.165, 1.54) is 0 Å². The minimum atomic E-state index is 0.0845. The van der Waals surface area contributed by atoms with Crippen molar-refractivity contribution < 1.29 is 5.11 Å². The lowest BCUT2D eigenvalue weighted by Gasteiger charge is -2.23. The molecule has 142 valence electrons. The second-order valence-corrected chi connectivity index (χ2v) is 7.72. The van der Waals surface area contributed by atoms with Crippen molar-refractivity contribution >= 4 is 39.1 Å². The molecule has 0 radical (unpaired) electrons. The summed E-state index contributed by atoms with van der Waals surface area (Å²) in [4.78, 5) is 16.1. The Morgan fingerprint density at radius 2 is 2.07 bits per heavy atom. The molecule has 1 aliphatic rings. The molecule has 0 aliphatic carbocycles. The Balaban J connectivity index is 1.49. The molecule has 4 heterocycles. The Morgan fingerprint density at radius 3 is 2.93 bits per heavy atom. The maximum absolute atomic E-state index is 9.66. The number of rotatable bonds is 5. The van der Waals surface area contributed by atoms with Crippen molar-refractivity contribution in [2.45, 2.75) is 18.9 Å². The third-order valence-electron chi connectivity index (χ3n) is 5.02. The highest BCUT2D eigenvalue weighted by molar-refractivity contribution is 7.17. The van der Waals surface area contributed by atoms with Gasteiger partial charge in [-0.15, -0.1) is 11.3 Å². The maximum Gasteiger partial charge on any atom is 0.228 e. The summed E-state index contributed by atoms with van der Waals surface area (Å²) in [6.07, 6.45) is 5.74. The van der Waals surface area contributed by atoms with Crippen LogP contribution < -0.4 is 10.2 Å². The van der Waals surface area contributed by atoms with E-state index in [9.17, 15) is 5.11 Å². The Labute approximate surface area is 166 Å². The molecule has 0 amide bonds. The molecule has 0 unspecified atom stereocenters. The molecule has 0 saturated carbocycles. The van der Waals surface area contributed by atoms with E-state index in [2.05, 4.69) is 15.2 Å². The topological polar surface area (TPSA) is 79.1 Å². The van der Waals surface area contributed by atoms with E-state index in [0.717, 1.165) is 46.9 Å². The second-order valence-electron chi connectivity index (χ2n) is 6.81. The molecule has 1 fully saturated rings. The fourth-order valence-electron chi connectivity index (χ4n) is 3.60. The van der Waals surface area contributed by atoms with Gasteiger partial charge in [0.25, 0.3) is 0 Å². The molecule has 1 saturated heterocycles. The Bertz CT molecular complexity index is 1090. The number of hydrogen-bond acceptors (Lipinski definition) is 7. The number of anilines is 3. The van der Waals surface area contributed by atoms with Crippen molar-refractivity contribution in [1.29, 1.82) is 0 Å². The van der Waals surface area contributed by atoms with Crippen LogP contribution in [0, 0.1) is 0 Å². The van der Waals surface area contributed by atoms with Crippen LogP contribution in [0.5, 0.6) is 0 Å². The summed E-state index contributed by atoms with van der Waals surface area (Å²) in [7, 11) is 0. The van der Waals surface area contributed by atoms with Crippen LogP contribution in [0.25, 0.3) is 15.9 Å². The minimum Gasteiger partial charge on any atom is -0.394 e. The molecular weight excluding hydrogens is 372 g/mol. The summed E-state index contributed by atoms with van der Waals surface area (Å²) >= 11 is 1.60. The molecule has 1 atom stereocenters. The van der Waals surface area contributed by atoms with Crippen LogP contribution >= 0.6 is 11.3 Å². The summed E-state index contributed by atoms with van der Waals surface area (Å²) in [6, 6.07) is 12.2. The van der Waals surface area contributed by atoms with Crippen LogP contribution in [-0.4, -0.2) is 43.8 Å². The molecule has 4 aromatic rings. The van der Waals surface area contributed by atoms with Gasteiger partial charge < -0.3 is 19.9 Å². The Morgan fingerprint density at radius 1 is 1.18 bits per heavy atom. The molecule has 7 nitrogen and oxygen atoms in total. The summed E-state index contributed by atoms with van der Waals surface area (Å²) in [6.45, 7) is 0.984. The van der Waals surface area contributed by atoms with E-state index in [4.69, 9.17) is 9.97 Å². The van der Waals surface area contributed by atoms with E-state index in [0.29, 0.717) is 5.95 Å². The molecule has 2 N–H and O–H groups in total. The van der Waals surface area contributed by atoms with Crippen LogP contribution in [0.15, 0.2) is 54.3 Å². The lowest BCUT2D eigenvalue weighted by atomic mass is 10.2. The van der Waals surface area contributed by atoms with Crippen LogP contribution in [0.3, 0.4) is 0 Å². The van der Waals surface area contributed by atoms with E-state index in [1.54, 1.807) is 17.7 Å². The van der Waals surface area contributed by atoms with Gasteiger partial charge in [-0.2, -0.15) is 4.98 Å². The minimum absolute atomic E-state index is 0.0845. The van der Waals surface area contributed by atoms with Gasteiger partial charge in [0.15, 0.2) is 5.82 Å². The monoisotopic (exact) mass is 392 g/mol. The van der Waals surface area contributed by atoms with Gasteiger partial charge in [-0.3, -0.25) is 0 Å². The zero-order valence-electron chi connectivity index (χ0n) is 15.2. The fraction of sp³-hybridized carbons (Fsp3) is 0.250. The number of fused-ring (bicyclic) bond motifs is 1. The van der Waals surface area contributed by atoms with Crippen molar-refractivity contribution in [3.8, 4) is 5.69 Å². The zero-order valence-corrected chi connectivity index (χ0v) is 16.0. The second kappa shape index (κ2) is 7.21. The van der Waals surface area contributed by atoms with Crippen molar-refractivity contribution in [3.63, 3.8) is 0 Å². The first-order valence-corrected chi connectivity index (χ1v) is 10.2. The third-order valence-corrected chi connectivity index (χ3v) is 5.93. The van der Waals surface area contributed by atoms with Gasteiger partial charge in [-0.1, -0.05) is 18.2 Å². The van der Waals surface area contributed by atoms with Gasteiger partial charge in [0, 0.05) is 12.2 Å². The molecule has 1 aromatic carbocycles. The molecule has 5 rings (SSSR count). The van der Waals surface area contributed by atoms with Gasteiger partial charge in [-0.25, -0.2) is 9.97 Å².